The van der Waals surface area contributed by atoms with Crippen LogP contribution in [0.25, 0.3) is 0 Å². The molecule has 1 aliphatic carbocycles. The highest BCUT2D eigenvalue weighted by molar-refractivity contribution is 7.94. The van der Waals surface area contributed by atoms with Crippen molar-refractivity contribution in [1.29, 1.82) is 0 Å². The molecule has 0 saturated carbocycles. The number of piperidine rings is 1. The molecular formula is C23H26N6O4S. The van der Waals surface area contributed by atoms with Crippen LogP contribution in [0.1, 0.15) is 19.3 Å². The molecule has 0 N–H and O–H groups in total. The predicted octanol–water partition coefficient (Wildman–Crippen LogP) is 2.28. The molecule has 34 heavy (non-hydrogen) atoms. The summed E-state index contributed by atoms with van der Waals surface area (Å²) in [4.78, 5) is 22.0. The summed E-state index contributed by atoms with van der Waals surface area (Å²) in [6, 6.07) is 1.85. The van der Waals surface area contributed by atoms with Gasteiger partial charge in [-0.3, -0.25) is 0 Å². The molecular weight excluding hydrogens is 456 g/mol. The van der Waals surface area contributed by atoms with Crippen molar-refractivity contribution in [3.05, 3.63) is 59.7 Å². The van der Waals surface area contributed by atoms with Crippen LogP contribution in [-0.2, 0) is 9.84 Å². The first-order valence-corrected chi connectivity index (χ1v) is 13.0. The number of fused-ring (bicyclic) bond motifs is 1. The Morgan fingerprint density at radius 3 is 2.56 bits per heavy atom. The van der Waals surface area contributed by atoms with Crippen LogP contribution in [0.2, 0.25) is 0 Å². The van der Waals surface area contributed by atoms with E-state index in [-0.39, 0.29) is 12.1 Å². The Morgan fingerprint density at radius 2 is 1.85 bits per heavy atom. The second-order valence-electron chi connectivity index (χ2n) is 8.44. The zero-order valence-electron chi connectivity index (χ0n) is 19.0. The Labute approximate surface area is 198 Å². The third-order valence-electron chi connectivity index (χ3n) is 6.18. The van der Waals surface area contributed by atoms with Crippen LogP contribution >= 0.6 is 0 Å². The summed E-state index contributed by atoms with van der Waals surface area (Å²) in [5.74, 6) is 2.57. The Hall–Kier alpha value is -3.47. The Kier molecular flexibility index (Phi) is 5.94. The fourth-order valence-corrected chi connectivity index (χ4v) is 5.09. The van der Waals surface area contributed by atoms with Crippen molar-refractivity contribution in [3.8, 4) is 11.6 Å². The number of rotatable bonds is 6. The van der Waals surface area contributed by atoms with Gasteiger partial charge < -0.3 is 19.3 Å². The quantitative estimate of drug-likeness (QED) is 0.608. The molecule has 0 aromatic carbocycles. The summed E-state index contributed by atoms with van der Waals surface area (Å²) in [7, 11) is -1.63. The molecule has 0 radical (unpaired) electrons. The Bertz CT molecular complexity index is 1250. The van der Waals surface area contributed by atoms with Crippen LogP contribution in [0.15, 0.2) is 59.7 Å². The van der Waals surface area contributed by atoms with E-state index in [1.165, 1.54) is 12.6 Å². The zero-order chi connectivity index (χ0) is 23.7. The monoisotopic (exact) mass is 482 g/mol. The molecule has 1 unspecified atom stereocenters. The molecule has 10 nitrogen and oxygen atoms in total. The topological polar surface area (TPSA) is 111 Å². The van der Waals surface area contributed by atoms with Crippen molar-refractivity contribution in [2.75, 3.05) is 36.3 Å². The maximum absolute atomic E-state index is 11.9. The summed E-state index contributed by atoms with van der Waals surface area (Å²) in [5.41, 5.74) is 0.956. The number of methoxy groups -OCH3 is 1. The third kappa shape index (κ3) is 4.60. The van der Waals surface area contributed by atoms with Crippen molar-refractivity contribution in [2.24, 2.45) is 0 Å². The fraction of sp³-hybridized carbons (Fsp3) is 0.391. The van der Waals surface area contributed by atoms with Gasteiger partial charge in [-0.1, -0.05) is 6.08 Å². The molecule has 0 amide bonds. The minimum absolute atomic E-state index is 0.0148. The van der Waals surface area contributed by atoms with E-state index >= 15 is 0 Å². The molecule has 0 spiro atoms. The first kappa shape index (κ1) is 22.3. The highest BCUT2D eigenvalue weighted by Crippen LogP contribution is 2.34. The van der Waals surface area contributed by atoms with E-state index in [4.69, 9.17) is 9.47 Å². The number of nitrogens with zero attached hydrogens (tertiary/aromatic N) is 6. The van der Waals surface area contributed by atoms with E-state index in [1.54, 1.807) is 31.7 Å². The number of hydrogen-bond donors (Lipinski definition) is 0. The van der Waals surface area contributed by atoms with Crippen molar-refractivity contribution < 1.29 is 17.9 Å². The number of aromatic nitrogens is 4. The van der Waals surface area contributed by atoms with Gasteiger partial charge in [0.05, 0.1) is 30.5 Å². The zero-order valence-corrected chi connectivity index (χ0v) is 19.9. The number of anilines is 2. The van der Waals surface area contributed by atoms with Crippen LogP contribution in [-0.4, -0.2) is 67.0 Å². The number of ether oxygens (including phenoxy) is 2. The van der Waals surface area contributed by atoms with Crippen LogP contribution in [0.5, 0.6) is 11.6 Å². The first-order chi connectivity index (χ1) is 16.4. The highest BCUT2D eigenvalue weighted by atomic mass is 32.2. The average molecular weight is 483 g/mol. The summed E-state index contributed by atoms with van der Waals surface area (Å²) < 4.78 is 35.1. The van der Waals surface area contributed by atoms with Gasteiger partial charge in [-0.25, -0.2) is 28.4 Å². The summed E-state index contributed by atoms with van der Waals surface area (Å²) in [6.07, 6.45) is 15.7. The maximum atomic E-state index is 11.9. The van der Waals surface area contributed by atoms with Gasteiger partial charge in [-0.2, -0.15) is 0 Å². The van der Waals surface area contributed by atoms with E-state index < -0.39 is 9.84 Å². The predicted molar refractivity (Wildman–Crippen MR) is 128 cm³/mol. The molecule has 2 aromatic heterocycles. The van der Waals surface area contributed by atoms with Crippen molar-refractivity contribution in [2.45, 2.75) is 31.4 Å². The van der Waals surface area contributed by atoms with Gasteiger partial charge in [0.2, 0.25) is 11.8 Å². The minimum atomic E-state index is -3.22. The second-order valence-corrected chi connectivity index (χ2v) is 10.5. The van der Waals surface area contributed by atoms with Gasteiger partial charge in [-0.05, 0) is 24.1 Å². The van der Waals surface area contributed by atoms with Crippen LogP contribution in [0, 0.1) is 0 Å². The first-order valence-electron chi connectivity index (χ1n) is 11.1. The normalized spacial score (nSPS) is 20.6. The smallest absolute Gasteiger partial charge is 0.225 e. The molecule has 4 heterocycles. The summed E-state index contributed by atoms with van der Waals surface area (Å²) in [6.45, 7) is 1.57. The molecule has 1 saturated heterocycles. The lowest BCUT2D eigenvalue weighted by atomic mass is 10.0. The van der Waals surface area contributed by atoms with Gasteiger partial charge in [-0.15, -0.1) is 0 Å². The van der Waals surface area contributed by atoms with E-state index in [1.807, 2.05) is 23.2 Å². The Morgan fingerprint density at radius 1 is 1.09 bits per heavy atom. The van der Waals surface area contributed by atoms with Crippen molar-refractivity contribution in [3.63, 3.8) is 0 Å². The van der Waals surface area contributed by atoms with E-state index in [2.05, 4.69) is 24.8 Å². The largest absolute Gasteiger partial charge is 0.494 e. The SMILES string of the molecule is COc1cnc(N2CCC(Oc3cc(N4C=CC5=CC(S(C)(=O)=O)=CCC54)ncn3)CC2)nc1. The van der Waals surface area contributed by atoms with Crippen LogP contribution < -0.4 is 19.3 Å². The molecule has 11 heteroatoms. The summed E-state index contributed by atoms with van der Waals surface area (Å²) >= 11 is 0. The van der Waals surface area contributed by atoms with Gasteiger partial charge in [0.1, 0.15) is 18.2 Å². The van der Waals surface area contributed by atoms with Gasteiger partial charge in [0, 0.05) is 44.5 Å². The lowest BCUT2D eigenvalue weighted by Crippen LogP contribution is -2.39. The minimum Gasteiger partial charge on any atom is -0.494 e. The van der Waals surface area contributed by atoms with Crippen LogP contribution in [0.4, 0.5) is 11.8 Å². The number of sulfone groups is 1. The van der Waals surface area contributed by atoms with Gasteiger partial charge in [0.15, 0.2) is 15.6 Å². The van der Waals surface area contributed by atoms with Gasteiger partial charge >= 0.3 is 0 Å². The van der Waals surface area contributed by atoms with E-state index in [0.717, 1.165) is 37.3 Å². The number of hydrogen-bond acceptors (Lipinski definition) is 10. The van der Waals surface area contributed by atoms with E-state index in [9.17, 15) is 8.42 Å². The van der Waals surface area contributed by atoms with Gasteiger partial charge in [0.25, 0.3) is 0 Å². The number of allylic oxidation sites excluding steroid dienone is 1. The highest BCUT2D eigenvalue weighted by Gasteiger charge is 2.30. The molecule has 2 aromatic rings. The molecule has 5 rings (SSSR count). The average Bonchev–Trinajstić information content (AvgIpc) is 3.28. The Balaban J connectivity index is 1.21. The molecule has 3 aliphatic rings. The lowest BCUT2D eigenvalue weighted by Gasteiger charge is -2.32. The van der Waals surface area contributed by atoms with Crippen molar-refractivity contribution >= 4 is 21.6 Å². The van der Waals surface area contributed by atoms with Crippen molar-refractivity contribution in [1.82, 2.24) is 19.9 Å². The third-order valence-corrected chi connectivity index (χ3v) is 7.32. The molecule has 1 atom stereocenters. The van der Waals surface area contributed by atoms with E-state index in [0.29, 0.717) is 28.9 Å². The lowest BCUT2D eigenvalue weighted by molar-refractivity contribution is 0.163. The maximum Gasteiger partial charge on any atom is 0.225 e. The fourth-order valence-electron chi connectivity index (χ4n) is 4.34. The molecule has 1 fully saturated rings. The standard InChI is InChI=1S/C23H26N6O4S/c1-32-18-13-24-23(25-14-18)28-8-6-17(7-9-28)33-22-12-21(26-15-27-22)29-10-5-16-11-19(34(2,30)31)3-4-20(16)29/h3,5,10-15,17,20H,4,6-9H2,1-2H3. The second kappa shape index (κ2) is 9.05. The molecule has 2 aliphatic heterocycles. The molecule has 178 valence electrons. The molecule has 0 bridgehead atoms. The van der Waals surface area contributed by atoms with Crippen LogP contribution in [0.3, 0.4) is 0 Å². The summed E-state index contributed by atoms with van der Waals surface area (Å²) in [5, 5.41) is 0.